The minimum Gasteiger partial charge on any atom is -0.481 e. The number of amides is 1. The van der Waals surface area contributed by atoms with E-state index in [-0.39, 0.29) is 6.42 Å². The molecule has 1 amide bonds. The Morgan fingerprint density at radius 2 is 2.00 bits per heavy atom. The molecule has 2 rings (SSSR count). The van der Waals surface area contributed by atoms with Crippen molar-refractivity contribution < 1.29 is 14.7 Å². The molecule has 0 aliphatic rings. The molecule has 2 aromatic rings. The van der Waals surface area contributed by atoms with Crippen LogP contribution in [0.15, 0.2) is 30.5 Å². The number of aliphatic carboxylic acids is 1. The Morgan fingerprint density at radius 1 is 1.31 bits per heavy atom. The molecule has 82 valence electrons. The summed E-state index contributed by atoms with van der Waals surface area (Å²) in [6, 6.07) is 6.44. The van der Waals surface area contributed by atoms with Crippen molar-refractivity contribution in [3.8, 4) is 0 Å². The van der Waals surface area contributed by atoms with E-state index in [1.54, 1.807) is 24.3 Å². The molecule has 0 saturated carbocycles. The van der Waals surface area contributed by atoms with Crippen LogP contribution in [0.2, 0.25) is 0 Å². The van der Waals surface area contributed by atoms with Crippen molar-refractivity contribution in [2.24, 2.45) is 5.73 Å². The molecular weight excluding hydrogens is 208 g/mol. The van der Waals surface area contributed by atoms with E-state index in [0.29, 0.717) is 11.1 Å². The summed E-state index contributed by atoms with van der Waals surface area (Å²) in [7, 11) is 0. The molecule has 5 nitrogen and oxygen atoms in total. The maximum absolute atomic E-state index is 11.2. The highest BCUT2D eigenvalue weighted by atomic mass is 16.4. The largest absolute Gasteiger partial charge is 0.481 e. The van der Waals surface area contributed by atoms with Gasteiger partial charge in [0.2, 0.25) is 0 Å². The number of aromatic nitrogens is 1. The van der Waals surface area contributed by atoms with Crippen molar-refractivity contribution in [3.63, 3.8) is 0 Å². The first-order valence-electron chi connectivity index (χ1n) is 4.70. The minimum absolute atomic E-state index is 0.124. The maximum atomic E-state index is 11.2. The van der Waals surface area contributed by atoms with E-state index < -0.39 is 12.0 Å². The van der Waals surface area contributed by atoms with E-state index in [1.165, 1.54) is 10.8 Å². The van der Waals surface area contributed by atoms with Crippen molar-refractivity contribution in [1.29, 1.82) is 0 Å². The summed E-state index contributed by atoms with van der Waals surface area (Å²) in [6.45, 7) is 0. The third-order valence-electron chi connectivity index (χ3n) is 2.37. The van der Waals surface area contributed by atoms with Crippen molar-refractivity contribution >= 4 is 22.9 Å². The van der Waals surface area contributed by atoms with Gasteiger partial charge >= 0.3 is 12.0 Å². The molecule has 0 unspecified atom stereocenters. The number of fused-ring (bicyclic) bond motifs is 1. The third-order valence-corrected chi connectivity index (χ3v) is 2.37. The van der Waals surface area contributed by atoms with Crippen LogP contribution >= 0.6 is 0 Å². The second-order valence-electron chi connectivity index (χ2n) is 3.45. The van der Waals surface area contributed by atoms with Gasteiger partial charge < -0.3 is 10.8 Å². The van der Waals surface area contributed by atoms with Crippen molar-refractivity contribution in [3.05, 3.63) is 36.0 Å². The highest BCUT2D eigenvalue weighted by molar-refractivity contribution is 5.94. The maximum Gasteiger partial charge on any atom is 0.323 e. The van der Waals surface area contributed by atoms with Crippen molar-refractivity contribution in [1.82, 2.24) is 4.57 Å². The van der Waals surface area contributed by atoms with Gasteiger partial charge in [-0.2, -0.15) is 0 Å². The Labute approximate surface area is 91.1 Å². The Bertz CT molecular complexity index is 572. The highest BCUT2D eigenvalue weighted by Crippen LogP contribution is 2.21. The first-order valence-corrected chi connectivity index (χ1v) is 4.70. The van der Waals surface area contributed by atoms with Crippen molar-refractivity contribution in [2.75, 3.05) is 0 Å². The lowest BCUT2D eigenvalue weighted by atomic mass is 10.1. The van der Waals surface area contributed by atoms with Crippen LogP contribution in [0, 0.1) is 0 Å². The normalized spacial score (nSPS) is 10.5. The van der Waals surface area contributed by atoms with Crippen LogP contribution in [0.5, 0.6) is 0 Å². The van der Waals surface area contributed by atoms with Crippen LogP contribution in [0.1, 0.15) is 5.56 Å². The zero-order valence-electron chi connectivity index (χ0n) is 8.38. The topological polar surface area (TPSA) is 85.3 Å². The summed E-state index contributed by atoms with van der Waals surface area (Å²) >= 11 is 0. The molecule has 0 aliphatic heterocycles. The Kier molecular flexibility index (Phi) is 2.36. The zero-order chi connectivity index (χ0) is 11.7. The van der Waals surface area contributed by atoms with Gasteiger partial charge in [-0.1, -0.05) is 18.2 Å². The second-order valence-corrected chi connectivity index (χ2v) is 3.45. The SMILES string of the molecule is NC(=O)n1cc(CC(=O)O)c2ccccc21. The fraction of sp³-hybridized carbons (Fsp3) is 0.0909. The number of nitrogens with zero attached hydrogens (tertiary/aromatic N) is 1. The number of hydrogen-bond acceptors (Lipinski definition) is 2. The van der Waals surface area contributed by atoms with Gasteiger partial charge in [-0.3, -0.25) is 9.36 Å². The van der Waals surface area contributed by atoms with Crippen LogP contribution in [0.25, 0.3) is 10.9 Å². The second kappa shape index (κ2) is 3.69. The fourth-order valence-electron chi connectivity index (χ4n) is 1.74. The summed E-state index contributed by atoms with van der Waals surface area (Å²) in [5, 5.41) is 9.49. The van der Waals surface area contributed by atoms with E-state index in [1.807, 2.05) is 0 Å². The fourth-order valence-corrected chi connectivity index (χ4v) is 1.74. The predicted octanol–water partition coefficient (Wildman–Crippen LogP) is 1.20. The van der Waals surface area contributed by atoms with E-state index in [9.17, 15) is 9.59 Å². The molecule has 1 aromatic heterocycles. The molecular formula is C11H10N2O3. The van der Waals surface area contributed by atoms with Crippen LogP contribution in [0.4, 0.5) is 4.79 Å². The Morgan fingerprint density at radius 3 is 2.62 bits per heavy atom. The van der Waals surface area contributed by atoms with Gasteiger partial charge in [-0.25, -0.2) is 4.79 Å². The van der Waals surface area contributed by atoms with E-state index in [4.69, 9.17) is 10.8 Å². The van der Waals surface area contributed by atoms with Gasteiger partial charge in [0.25, 0.3) is 0 Å². The monoisotopic (exact) mass is 218 g/mol. The molecule has 5 heteroatoms. The quantitative estimate of drug-likeness (QED) is 0.794. The van der Waals surface area contributed by atoms with Crippen LogP contribution in [-0.2, 0) is 11.2 Å². The van der Waals surface area contributed by atoms with Gasteiger partial charge in [0.15, 0.2) is 0 Å². The lowest BCUT2D eigenvalue weighted by Gasteiger charge is -1.96. The van der Waals surface area contributed by atoms with E-state index in [2.05, 4.69) is 0 Å². The molecule has 0 bridgehead atoms. The molecule has 16 heavy (non-hydrogen) atoms. The van der Waals surface area contributed by atoms with Crippen LogP contribution < -0.4 is 5.73 Å². The molecule has 0 radical (unpaired) electrons. The van der Waals surface area contributed by atoms with Gasteiger partial charge in [0, 0.05) is 11.6 Å². The van der Waals surface area contributed by atoms with Gasteiger partial charge in [-0.05, 0) is 11.6 Å². The third kappa shape index (κ3) is 1.63. The molecule has 0 aliphatic carbocycles. The number of nitrogens with two attached hydrogens (primary N) is 1. The van der Waals surface area contributed by atoms with Crippen LogP contribution in [-0.4, -0.2) is 21.7 Å². The summed E-state index contributed by atoms with van der Waals surface area (Å²) in [4.78, 5) is 21.8. The number of carbonyl (C=O) groups is 2. The standard InChI is InChI=1S/C11H10N2O3/c12-11(16)13-6-7(5-10(14)15)8-3-1-2-4-9(8)13/h1-4,6H,5H2,(H2,12,16)(H,14,15). The first-order chi connectivity index (χ1) is 7.59. The Balaban J connectivity index is 2.66. The first kappa shape index (κ1) is 10.2. The molecule has 0 spiro atoms. The molecule has 0 fully saturated rings. The molecule has 1 heterocycles. The van der Waals surface area contributed by atoms with Gasteiger partial charge in [0.05, 0.1) is 11.9 Å². The van der Waals surface area contributed by atoms with E-state index >= 15 is 0 Å². The summed E-state index contributed by atoms with van der Waals surface area (Å²) < 4.78 is 1.26. The van der Waals surface area contributed by atoms with E-state index in [0.717, 1.165) is 5.39 Å². The zero-order valence-corrected chi connectivity index (χ0v) is 8.38. The molecule has 0 saturated heterocycles. The molecule has 1 aromatic carbocycles. The highest BCUT2D eigenvalue weighted by Gasteiger charge is 2.12. The van der Waals surface area contributed by atoms with Gasteiger partial charge in [0.1, 0.15) is 0 Å². The van der Waals surface area contributed by atoms with Crippen molar-refractivity contribution in [2.45, 2.75) is 6.42 Å². The number of rotatable bonds is 2. The summed E-state index contributed by atoms with van der Waals surface area (Å²) in [6.07, 6.45) is 1.35. The number of hydrogen-bond donors (Lipinski definition) is 2. The number of carboxylic acids is 1. The number of benzene rings is 1. The smallest absolute Gasteiger partial charge is 0.323 e. The number of primary amides is 1. The van der Waals surface area contributed by atoms with Crippen LogP contribution in [0.3, 0.4) is 0 Å². The lowest BCUT2D eigenvalue weighted by Crippen LogP contribution is -2.18. The summed E-state index contributed by atoms with van der Waals surface area (Å²) in [5.74, 6) is -0.938. The number of carboxylic acid groups (broad SMARTS) is 1. The molecule has 0 atom stereocenters. The lowest BCUT2D eigenvalue weighted by molar-refractivity contribution is -0.136. The number of para-hydroxylation sites is 1. The molecule has 3 N–H and O–H groups in total. The summed E-state index contributed by atoms with van der Waals surface area (Å²) in [5.41, 5.74) is 6.42. The minimum atomic E-state index is -0.938. The van der Waals surface area contributed by atoms with Gasteiger partial charge in [-0.15, -0.1) is 0 Å². The Hall–Kier alpha value is -2.30. The average molecular weight is 218 g/mol. The predicted molar refractivity (Wildman–Crippen MR) is 58.3 cm³/mol. The number of carbonyl (C=O) groups excluding carboxylic acids is 1. The average Bonchev–Trinajstić information content (AvgIpc) is 2.57.